The van der Waals surface area contributed by atoms with Gasteiger partial charge >= 0.3 is 6.01 Å². The Kier molecular flexibility index (Phi) is 3.01. The van der Waals surface area contributed by atoms with Gasteiger partial charge in [-0.05, 0) is 13.8 Å². The lowest BCUT2D eigenvalue weighted by molar-refractivity contribution is 0.338. The lowest BCUT2D eigenvalue weighted by atomic mass is 10.4. The van der Waals surface area contributed by atoms with E-state index < -0.39 is 9.05 Å². The first kappa shape index (κ1) is 11.3. The Morgan fingerprint density at radius 3 is 2.36 bits per heavy atom. The molecule has 0 aliphatic carbocycles. The fourth-order valence-electron chi connectivity index (χ4n) is 1.01. The summed E-state index contributed by atoms with van der Waals surface area (Å²) in [5, 5.41) is 6.70. The van der Waals surface area contributed by atoms with Crippen LogP contribution in [0.4, 0.5) is 0 Å². The third kappa shape index (κ3) is 1.98. The molecule has 0 spiro atoms. The Morgan fingerprint density at radius 2 is 2.00 bits per heavy atom. The van der Waals surface area contributed by atoms with Crippen LogP contribution in [0.3, 0.4) is 0 Å². The molecular formula is C6H10ClN3O3S. The number of nitrogens with zero attached hydrogens (tertiary/aromatic N) is 3. The van der Waals surface area contributed by atoms with Crippen LogP contribution in [0.5, 0.6) is 6.01 Å². The maximum atomic E-state index is 11.1. The van der Waals surface area contributed by atoms with E-state index in [1.165, 1.54) is 11.7 Å². The average molecular weight is 240 g/mol. The van der Waals surface area contributed by atoms with Gasteiger partial charge in [-0.2, -0.15) is 0 Å². The van der Waals surface area contributed by atoms with E-state index in [1.807, 2.05) is 0 Å². The Labute approximate surface area is 86.3 Å². The molecule has 0 bridgehead atoms. The van der Waals surface area contributed by atoms with Crippen LogP contribution in [-0.4, -0.2) is 30.3 Å². The smallest absolute Gasteiger partial charge is 0.317 e. The number of hydrogen-bond donors (Lipinski definition) is 0. The van der Waals surface area contributed by atoms with Crippen LogP contribution in [0, 0.1) is 0 Å². The van der Waals surface area contributed by atoms with Gasteiger partial charge in [0.05, 0.1) is 7.11 Å². The van der Waals surface area contributed by atoms with Gasteiger partial charge in [-0.25, -0.2) is 8.42 Å². The van der Waals surface area contributed by atoms with Crippen molar-refractivity contribution in [2.45, 2.75) is 25.0 Å². The first-order valence-electron chi connectivity index (χ1n) is 3.81. The van der Waals surface area contributed by atoms with Gasteiger partial charge < -0.3 is 4.74 Å². The zero-order chi connectivity index (χ0) is 10.9. The van der Waals surface area contributed by atoms with Gasteiger partial charge in [0.15, 0.2) is 0 Å². The number of ether oxygens (including phenoxy) is 1. The molecule has 1 heterocycles. The van der Waals surface area contributed by atoms with Gasteiger partial charge in [0, 0.05) is 16.7 Å². The molecule has 1 aromatic heterocycles. The number of methoxy groups -OCH3 is 1. The minimum absolute atomic E-state index is 0.124. The van der Waals surface area contributed by atoms with E-state index in [4.69, 9.17) is 15.4 Å². The maximum Gasteiger partial charge on any atom is 0.317 e. The molecule has 0 unspecified atom stereocenters. The predicted octanol–water partition coefficient (Wildman–Crippen LogP) is 0.795. The second kappa shape index (κ2) is 3.74. The summed E-state index contributed by atoms with van der Waals surface area (Å²) in [4.78, 5) is 0. The summed E-state index contributed by atoms with van der Waals surface area (Å²) in [6.07, 6.45) is 0. The Hall–Kier alpha value is -0.820. The normalized spacial score (nSPS) is 12.1. The Bertz CT molecular complexity index is 426. The fourth-order valence-corrected chi connectivity index (χ4v) is 1.99. The minimum atomic E-state index is -3.89. The fraction of sp³-hybridized carbons (Fsp3) is 0.667. The Morgan fingerprint density at radius 1 is 1.43 bits per heavy atom. The number of halogens is 1. The molecule has 1 rings (SSSR count). The molecular weight excluding hydrogens is 230 g/mol. The van der Waals surface area contributed by atoms with Crippen LogP contribution in [0.2, 0.25) is 0 Å². The van der Waals surface area contributed by atoms with Crippen molar-refractivity contribution in [3.63, 3.8) is 0 Å². The summed E-state index contributed by atoms with van der Waals surface area (Å²) in [5.74, 6) is 0. The van der Waals surface area contributed by atoms with Gasteiger partial charge in [-0.3, -0.25) is 4.57 Å². The zero-order valence-corrected chi connectivity index (χ0v) is 9.50. The molecule has 0 atom stereocenters. The molecule has 0 N–H and O–H groups in total. The SMILES string of the molecule is COc1nnc(S(=O)(=O)Cl)n1C(C)C. The highest BCUT2D eigenvalue weighted by atomic mass is 35.7. The first-order chi connectivity index (χ1) is 6.38. The monoisotopic (exact) mass is 239 g/mol. The van der Waals surface area contributed by atoms with Gasteiger partial charge in [-0.1, -0.05) is 5.10 Å². The van der Waals surface area contributed by atoms with Crippen molar-refractivity contribution < 1.29 is 13.2 Å². The highest BCUT2D eigenvalue weighted by Crippen LogP contribution is 2.22. The van der Waals surface area contributed by atoms with E-state index >= 15 is 0 Å². The first-order valence-corrected chi connectivity index (χ1v) is 6.12. The summed E-state index contributed by atoms with van der Waals surface area (Å²) in [5.41, 5.74) is 0. The third-order valence-electron chi connectivity index (χ3n) is 1.55. The maximum absolute atomic E-state index is 11.1. The van der Waals surface area contributed by atoms with Crippen LogP contribution in [-0.2, 0) is 9.05 Å². The van der Waals surface area contributed by atoms with E-state index in [9.17, 15) is 8.42 Å². The van der Waals surface area contributed by atoms with Crippen molar-refractivity contribution in [3.8, 4) is 6.01 Å². The van der Waals surface area contributed by atoms with Gasteiger partial charge in [0.1, 0.15) is 0 Å². The van der Waals surface area contributed by atoms with Gasteiger partial charge in [0.25, 0.3) is 14.2 Å². The summed E-state index contributed by atoms with van der Waals surface area (Å²) in [7, 11) is 2.67. The molecule has 80 valence electrons. The molecule has 14 heavy (non-hydrogen) atoms. The van der Waals surface area contributed by atoms with Crippen molar-refractivity contribution in [1.82, 2.24) is 14.8 Å². The largest absolute Gasteiger partial charge is 0.467 e. The summed E-state index contributed by atoms with van der Waals surface area (Å²) in [6.45, 7) is 3.55. The molecule has 0 aromatic carbocycles. The average Bonchev–Trinajstić information content (AvgIpc) is 2.45. The zero-order valence-electron chi connectivity index (χ0n) is 7.93. The molecule has 8 heteroatoms. The van der Waals surface area contributed by atoms with Crippen molar-refractivity contribution in [2.24, 2.45) is 0 Å². The third-order valence-corrected chi connectivity index (χ3v) is 2.68. The molecule has 6 nitrogen and oxygen atoms in total. The molecule has 0 saturated carbocycles. The van der Waals surface area contributed by atoms with E-state index in [1.54, 1.807) is 13.8 Å². The van der Waals surface area contributed by atoms with Crippen LogP contribution >= 0.6 is 10.7 Å². The second-order valence-corrected chi connectivity index (χ2v) is 5.33. The van der Waals surface area contributed by atoms with E-state index in [2.05, 4.69) is 10.2 Å². The predicted molar refractivity (Wildman–Crippen MR) is 50.0 cm³/mol. The number of aromatic nitrogens is 3. The summed E-state index contributed by atoms with van der Waals surface area (Å²) < 4.78 is 28.3. The molecule has 0 saturated heterocycles. The van der Waals surface area contributed by atoms with Crippen LogP contribution in [0.25, 0.3) is 0 Å². The van der Waals surface area contributed by atoms with Crippen LogP contribution in [0.15, 0.2) is 5.16 Å². The summed E-state index contributed by atoms with van der Waals surface area (Å²) in [6, 6.07) is -0.0253. The molecule has 0 aliphatic rings. The molecule has 0 radical (unpaired) electrons. The van der Waals surface area contributed by atoms with Crippen molar-refractivity contribution in [2.75, 3.05) is 7.11 Å². The lowest BCUT2D eigenvalue weighted by Crippen LogP contribution is -2.10. The lowest BCUT2D eigenvalue weighted by Gasteiger charge is -2.10. The molecule has 1 aromatic rings. The van der Waals surface area contributed by atoms with E-state index in [-0.39, 0.29) is 17.2 Å². The van der Waals surface area contributed by atoms with Crippen molar-refractivity contribution in [3.05, 3.63) is 0 Å². The quantitative estimate of drug-likeness (QED) is 0.730. The van der Waals surface area contributed by atoms with Crippen molar-refractivity contribution in [1.29, 1.82) is 0 Å². The molecule has 0 fully saturated rings. The highest BCUT2D eigenvalue weighted by Gasteiger charge is 2.24. The standard InChI is InChI=1S/C6H10ClN3O3S/c1-4(2)10-5(13-3)8-9-6(10)14(7,11)12/h4H,1-3H3. The molecule has 0 aliphatic heterocycles. The highest BCUT2D eigenvalue weighted by molar-refractivity contribution is 8.13. The summed E-state index contributed by atoms with van der Waals surface area (Å²) >= 11 is 0. The minimum Gasteiger partial charge on any atom is -0.467 e. The van der Waals surface area contributed by atoms with Crippen LogP contribution in [0.1, 0.15) is 19.9 Å². The van der Waals surface area contributed by atoms with E-state index in [0.717, 1.165) is 0 Å². The van der Waals surface area contributed by atoms with Gasteiger partial charge in [-0.15, -0.1) is 5.10 Å². The molecule has 0 amide bonds. The van der Waals surface area contributed by atoms with Crippen LogP contribution < -0.4 is 4.74 Å². The topological polar surface area (TPSA) is 74.1 Å². The van der Waals surface area contributed by atoms with Gasteiger partial charge in [0.2, 0.25) is 0 Å². The second-order valence-electron chi connectivity index (χ2n) is 2.87. The Balaban J connectivity index is 3.40. The number of rotatable bonds is 3. The van der Waals surface area contributed by atoms with E-state index in [0.29, 0.717) is 0 Å². The number of hydrogen-bond acceptors (Lipinski definition) is 5. The van der Waals surface area contributed by atoms with Crippen molar-refractivity contribution >= 4 is 19.7 Å².